The molecule has 0 radical (unpaired) electrons. The normalized spacial score (nSPS) is 14.1. The summed E-state index contributed by atoms with van der Waals surface area (Å²) in [6, 6.07) is 48.2. The number of para-hydroxylation sites is 1. The molecule has 0 saturated heterocycles. The molecule has 1 aromatic heterocycles. The second kappa shape index (κ2) is 8.14. The Morgan fingerprint density at radius 1 is 0.525 bits per heavy atom. The highest BCUT2D eigenvalue weighted by molar-refractivity contribution is 7.99. The molecule has 9 rings (SSSR count). The van der Waals surface area contributed by atoms with E-state index < -0.39 is 0 Å². The lowest BCUT2D eigenvalue weighted by Crippen LogP contribution is -2.31. The van der Waals surface area contributed by atoms with Gasteiger partial charge in [-0.05, 0) is 69.8 Å². The van der Waals surface area contributed by atoms with Crippen molar-refractivity contribution in [2.45, 2.75) is 15.2 Å². The van der Waals surface area contributed by atoms with Gasteiger partial charge in [0.25, 0.3) is 0 Å². The van der Waals surface area contributed by atoms with E-state index in [2.05, 4.69) is 121 Å². The Hall–Kier alpha value is -4.73. The van der Waals surface area contributed by atoms with Gasteiger partial charge in [0.05, 0.1) is 16.5 Å². The van der Waals surface area contributed by atoms with Gasteiger partial charge in [0.2, 0.25) is 0 Å². The Morgan fingerprint density at radius 2 is 1.18 bits per heavy atom. The van der Waals surface area contributed by atoms with Gasteiger partial charge in [-0.3, -0.25) is 0 Å². The zero-order valence-corrected chi connectivity index (χ0v) is 22.3. The molecule has 1 N–H and O–H groups in total. The highest BCUT2D eigenvalue weighted by Crippen LogP contribution is 2.62. The van der Waals surface area contributed by atoms with Crippen molar-refractivity contribution in [3.05, 3.63) is 156 Å². The number of nitrogens with one attached hydrogen (secondary N) is 1. The quantitative estimate of drug-likeness (QED) is 0.241. The summed E-state index contributed by atoms with van der Waals surface area (Å²) in [6.45, 7) is 0. The Labute approximate surface area is 236 Å². The molecule has 0 saturated carbocycles. The third kappa shape index (κ3) is 2.85. The number of benzene rings is 6. The van der Waals surface area contributed by atoms with E-state index in [1.165, 1.54) is 43.2 Å². The molecule has 1 aliphatic heterocycles. The van der Waals surface area contributed by atoms with Crippen LogP contribution in [0.15, 0.2) is 148 Å². The fourth-order valence-electron chi connectivity index (χ4n) is 6.97. The lowest BCUT2D eigenvalue weighted by molar-refractivity contribution is 0.669. The highest BCUT2D eigenvalue weighted by Gasteiger charge is 2.49. The first-order valence-electron chi connectivity index (χ1n) is 13.6. The van der Waals surface area contributed by atoms with E-state index in [0.29, 0.717) is 0 Å². The van der Waals surface area contributed by atoms with Crippen molar-refractivity contribution in [2.24, 2.45) is 0 Å². The van der Waals surface area contributed by atoms with Crippen LogP contribution in [0.2, 0.25) is 0 Å². The monoisotopic (exact) mass is 529 g/mol. The zero-order chi connectivity index (χ0) is 26.3. The first-order valence-corrected chi connectivity index (χ1v) is 14.4. The Morgan fingerprint density at radius 3 is 2.00 bits per heavy atom. The van der Waals surface area contributed by atoms with E-state index in [-0.39, 0.29) is 5.41 Å². The topological polar surface area (TPSA) is 25.2 Å². The molecule has 0 bridgehead atoms. The Kier molecular flexibility index (Phi) is 4.50. The van der Waals surface area contributed by atoms with Gasteiger partial charge in [-0.2, -0.15) is 0 Å². The average molecular weight is 530 g/mol. The lowest BCUT2D eigenvalue weighted by atomic mass is 9.67. The molecule has 0 fully saturated rings. The van der Waals surface area contributed by atoms with E-state index in [9.17, 15) is 0 Å². The smallest absolute Gasteiger partial charge is 0.137 e. The van der Waals surface area contributed by atoms with Crippen LogP contribution in [0.1, 0.15) is 22.3 Å². The summed E-state index contributed by atoms with van der Waals surface area (Å²) in [4.78, 5) is 2.58. The molecule has 0 unspecified atom stereocenters. The minimum atomic E-state index is -0.344. The molecule has 0 amide bonds. The number of fused-ring (bicyclic) bond motifs is 12. The first kappa shape index (κ1) is 22.1. The van der Waals surface area contributed by atoms with Crippen LogP contribution < -0.4 is 5.32 Å². The Balaban J connectivity index is 1.26. The fourth-order valence-corrected chi connectivity index (χ4v) is 8.20. The number of anilines is 2. The number of hydrogen-bond acceptors (Lipinski definition) is 3. The predicted molar refractivity (Wildman–Crippen MR) is 165 cm³/mol. The van der Waals surface area contributed by atoms with Gasteiger partial charge in [0, 0.05) is 20.9 Å². The molecule has 40 heavy (non-hydrogen) atoms. The standard InChI is InChI=1S/C37H23NOS/c1-4-13-27-24(10-1)25-11-2-5-14-28(25)37(27)29-15-6-8-19-34(29)40-35-22-23(20-21-30(35)37)38-31-16-9-18-33-36(31)26-12-3-7-17-32(26)39-33/h1-22,38H. The molecule has 7 aromatic rings. The fraction of sp³-hybridized carbons (Fsp3) is 0.0270. The van der Waals surface area contributed by atoms with Crippen molar-refractivity contribution in [3.8, 4) is 11.1 Å². The molecule has 2 heterocycles. The van der Waals surface area contributed by atoms with E-state index in [1.54, 1.807) is 0 Å². The average Bonchev–Trinajstić information content (AvgIpc) is 3.53. The molecule has 2 nitrogen and oxygen atoms in total. The van der Waals surface area contributed by atoms with Gasteiger partial charge < -0.3 is 9.73 Å². The molecule has 1 spiro atoms. The van der Waals surface area contributed by atoms with Gasteiger partial charge >= 0.3 is 0 Å². The summed E-state index contributed by atoms with van der Waals surface area (Å²) < 4.78 is 6.15. The van der Waals surface area contributed by atoms with E-state index >= 15 is 0 Å². The van der Waals surface area contributed by atoms with E-state index in [0.717, 1.165) is 33.3 Å². The van der Waals surface area contributed by atoms with Crippen LogP contribution in [0.4, 0.5) is 11.4 Å². The van der Waals surface area contributed by atoms with Crippen LogP contribution >= 0.6 is 11.8 Å². The van der Waals surface area contributed by atoms with Crippen LogP contribution in [-0.4, -0.2) is 0 Å². The maximum Gasteiger partial charge on any atom is 0.137 e. The largest absolute Gasteiger partial charge is 0.456 e. The maximum atomic E-state index is 6.15. The van der Waals surface area contributed by atoms with Crippen LogP contribution in [0.25, 0.3) is 33.1 Å². The number of hydrogen-bond donors (Lipinski definition) is 1. The summed E-state index contributed by atoms with van der Waals surface area (Å²) >= 11 is 1.87. The summed E-state index contributed by atoms with van der Waals surface area (Å²) in [5.41, 5.74) is 11.7. The molecule has 2 aliphatic rings. The predicted octanol–water partition coefficient (Wildman–Crippen LogP) is 10.2. The molecule has 6 aromatic carbocycles. The van der Waals surface area contributed by atoms with Gasteiger partial charge in [-0.1, -0.05) is 109 Å². The lowest BCUT2D eigenvalue weighted by Gasteiger charge is -2.39. The summed E-state index contributed by atoms with van der Waals surface area (Å²) in [5, 5.41) is 5.98. The van der Waals surface area contributed by atoms with Crippen LogP contribution in [0.5, 0.6) is 0 Å². The minimum Gasteiger partial charge on any atom is -0.456 e. The second-order valence-corrected chi connectivity index (χ2v) is 11.6. The third-order valence-electron chi connectivity index (χ3n) is 8.53. The first-order chi connectivity index (χ1) is 19.8. The van der Waals surface area contributed by atoms with E-state index in [4.69, 9.17) is 4.42 Å². The van der Waals surface area contributed by atoms with Crippen molar-refractivity contribution in [1.29, 1.82) is 0 Å². The van der Waals surface area contributed by atoms with Crippen LogP contribution in [0.3, 0.4) is 0 Å². The summed E-state index contributed by atoms with van der Waals surface area (Å²) in [5.74, 6) is 0. The number of furan rings is 1. The third-order valence-corrected chi connectivity index (χ3v) is 9.66. The van der Waals surface area contributed by atoms with Crippen molar-refractivity contribution < 1.29 is 4.42 Å². The number of rotatable bonds is 2. The minimum absolute atomic E-state index is 0.344. The molecule has 0 atom stereocenters. The molecule has 1 aliphatic carbocycles. The van der Waals surface area contributed by atoms with Gasteiger partial charge in [-0.25, -0.2) is 0 Å². The van der Waals surface area contributed by atoms with Crippen LogP contribution in [-0.2, 0) is 5.41 Å². The molecular weight excluding hydrogens is 506 g/mol. The van der Waals surface area contributed by atoms with Crippen molar-refractivity contribution in [2.75, 3.05) is 5.32 Å². The highest BCUT2D eigenvalue weighted by atomic mass is 32.2. The Bertz CT molecular complexity index is 2090. The SMILES string of the molecule is c1ccc2c(c1)Sc1cc(Nc3cccc4oc5ccccc5c34)ccc1C21c2ccccc2-c2ccccc21. The van der Waals surface area contributed by atoms with Crippen molar-refractivity contribution in [1.82, 2.24) is 0 Å². The van der Waals surface area contributed by atoms with Gasteiger partial charge in [-0.15, -0.1) is 0 Å². The zero-order valence-electron chi connectivity index (χ0n) is 21.5. The molecule has 3 heteroatoms. The van der Waals surface area contributed by atoms with Crippen LogP contribution in [0, 0.1) is 0 Å². The van der Waals surface area contributed by atoms with Crippen molar-refractivity contribution in [3.63, 3.8) is 0 Å². The summed E-state index contributed by atoms with van der Waals surface area (Å²) in [6.07, 6.45) is 0. The van der Waals surface area contributed by atoms with E-state index in [1.807, 2.05) is 30.0 Å². The van der Waals surface area contributed by atoms with Gasteiger partial charge in [0.1, 0.15) is 11.2 Å². The second-order valence-electron chi connectivity index (χ2n) is 10.6. The molecule has 188 valence electrons. The summed E-state index contributed by atoms with van der Waals surface area (Å²) in [7, 11) is 0. The van der Waals surface area contributed by atoms with Gasteiger partial charge in [0.15, 0.2) is 0 Å². The molecular formula is C37H23NOS. The maximum absolute atomic E-state index is 6.15. The van der Waals surface area contributed by atoms with Crippen molar-refractivity contribution >= 4 is 45.1 Å².